The fraction of sp³-hybridized carbons (Fsp3) is 0.143. The summed E-state index contributed by atoms with van der Waals surface area (Å²) in [6, 6.07) is 7.41. The number of hydrogen-bond donors (Lipinski definition) is 2. The van der Waals surface area contributed by atoms with Crippen LogP contribution >= 0.6 is 11.3 Å². The van der Waals surface area contributed by atoms with Crippen LogP contribution in [0.2, 0.25) is 0 Å². The maximum Gasteiger partial charge on any atom is 0.315 e. The highest BCUT2D eigenvalue weighted by molar-refractivity contribution is 7.09. The zero-order valence-corrected chi connectivity index (χ0v) is 12.5. The Bertz CT molecular complexity index is 725. The van der Waals surface area contributed by atoms with E-state index in [1.807, 2.05) is 29.6 Å². The number of nitrogens with zero attached hydrogens (tertiary/aromatic N) is 4. The summed E-state index contributed by atoms with van der Waals surface area (Å²) >= 11 is 1.61. The van der Waals surface area contributed by atoms with Crippen molar-refractivity contribution in [2.24, 2.45) is 0 Å². The lowest BCUT2D eigenvalue weighted by Gasteiger charge is -2.04. The molecule has 0 radical (unpaired) electrons. The topological polar surface area (TPSA) is 84.7 Å². The Kier molecular flexibility index (Phi) is 4.40. The van der Waals surface area contributed by atoms with Crippen molar-refractivity contribution >= 4 is 17.4 Å². The Balaban J connectivity index is 1.49. The molecular formula is C14H14N6OS. The summed E-state index contributed by atoms with van der Waals surface area (Å²) in [7, 11) is 0. The Labute approximate surface area is 131 Å². The molecule has 112 valence electrons. The molecule has 0 saturated carbocycles. The van der Waals surface area contributed by atoms with Crippen molar-refractivity contribution in [2.45, 2.75) is 13.1 Å². The number of thiophene rings is 1. The van der Waals surface area contributed by atoms with Crippen molar-refractivity contribution in [1.82, 2.24) is 30.6 Å². The molecule has 0 saturated heterocycles. The minimum Gasteiger partial charge on any atom is -0.333 e. The zero-order valence-electron chi connectivity index (χ0n) is 11.6. The standard InChI is InChI=1S/C14H14N6OS/c21-14(17-9-13-4-2-6-22-13)16-7-11-10-20(19-18-11)12-3-1-5-15-8-12/h1-6,8,10H,7,9H2,(H2,16,17,21). The van der Waals surface area contributed by atoms with Gasteiger partial charge in [0.15, 0.2) is 0 Å². The molecule has 0 fully saturated rings. The molecule has 0 atom stereocenters. The summed E-state index contributed by atoms with van der Waals surface area (Å²) < 4.78 is 1.62. The van der Waals surface area contributed by atoms with Gasteiger partial charge in [-0.25, -0.2) is 9.48 Å². The van der Waals surface area contributed by atoms with Crippen LogP contribution in [0.3, 0.4) is 0 Å². The third-order valence-corrected chi connectivity index (χ3v) is 3.76. The molecule has 2 N–H and O–H groups in total. The number of aromatic nitrogens is 4. The van der Waals surface area contributed by atoms with Gasteiger partial charge in [-0.1, -0.05) is 11.3 Å². The van der Waals surface area contributed by atoms with Crippen LogP contribution in [0.15, 0.2) is 48.2 Å². The summed E-state index contributed by atoms with van der Waals surface area (Å²) in [5, 5.41) is 15.5. The zero-order chi connectivity index (χ0) is 15.2. The lowest BCUT2D eigenvalue weighted by Crippen LogP contribution is -2.34. The number of hydrogen-bond acceptors (Lipinski definition) is 5. The molecule has 7 nitrogen and oxygen atoms in total. The van der Waals surface area contributed by atoms with E-state index in [1.54, 1.807) is 34.6 Å². The Morgan fingerprint density at radius 1 is 1.23 bits per heavy atom. The van der Waals surface area contributed by atoms with Gasteiger partial charge >= 0.3 is 6.03 Å². The van der Waals surface area contributed by atoms with Crippen LogP contribution in [-0.2, 0) is 13.1 Å². The summed E-state index contributed by atoms with van der Waals surface area (Å²) in [5.41, 5.74) is 1.50. The van der Waals surface area contributed by atoms with Crippen molar-refractivity contribution in [3.05, 3.63) is 58.8 Å². The third kappa shape index (κ3) is 3.67. The van der Waals surface area contributed by atoms with Gasteiger partial charge in [0, 0.05) is 11.1 Å². The minimum atomic E-state index is -0.232. The fourth-order valence-electron chi connectivity index (χ4n) is 1.81. The molecule has 8 heteroatoms. The second-order valence-electron chi connectivity index (χ2n) is 4.48. The summed E-state index contributed by atoms with van der Waals surface area (Å²) in [6.45, 7) is 0.836. The second kappa shape index (κ2) is 6.81. The van der Waals surface area contributed by atoms with Gasteiger partial charge in [-0.15, -0.1) is 16.4 Å². The Hall–Kier alpha value is -2.74. The highest BCUT2D eigenvalue weighted by Gasteiger charge is 2.05. The van der Waals surface area contributed by atoms with Gasteiger partial charge in [-0.05, 0) is 23.6 Å². The smallest absolute Gasteiger partial charge is 0.315 e. The van der Waals surface area contributed by atoms with Crippen LogP contribution in [0, 0.1) is 0 Å². The first-order chi connectivity index (χ1) is 10.8. The van der Waals surface area contributed by atoms with Crippen LogP contribution < -0.4 is 10.6 Å². The maximum absolute atomic E-state index is 11.7. The molecule has 3 rings (SSSR count). The molecule has 0 aromatic carbocycles. The van der Waals surface area contributed by atoms with E-state index in [4.69, 9.17) is 0 Å². The Morgan fingerprint density at radius 3 is 2.91 bits per heavy atom. The molecule has 0 spiro atoms. The van der Waals surface area contributed by atoms with E-state index in [0.717, 1.165) is 10.6 Å². The van der Waals surface area contributed by atoms with Crippen LogP contribution in [0.1, 0.15) is 10.6 Å². The summed E-state index contributed by atoms with van der Waals surface area (Å²) in [5.74, 6) is 0. The Morgan fingerprint density at radius 2 is 2.14 bits per heavy atom. The number of carbonyl (C=O) groups excluding carboxylic acids is 1. The molecule has 0 aliphatic carbocycles. The van der Waals surface area contributed by atoms with Crippen molar-refractivity contribution in [2.75, 3.05) is 0 Å². The van der Waals surface area contributed by atoms with Gasteiger partial charge in [0.2, 0.25) is 0 Å². The number of amides is 2. The van der Waals surface area contributed by atoms with Crippen molar-refractivity contribution in [1.29, 1.82) is 0 Å². The molecule has 2 amide bonds. The van der Waals surface area contributed by atoms with Gasteiger partial charge in [-0.2, -0.15) is 0 Å². The van der Waals surface area contributed by atoms with E-state index in [9.17, 15) is 4.79 Å². The predicted molar refractivity (Wildman–Crippen MR) is 82.5 cm³/mol. The van der Waals surface area contributed by atoms with Crippen LogP contribution in [-0.4, -0.2) is 26.0 Å². The lowest BCUT2D eigenvalue weighted by atomic mass is 10.4. The van der Waals surface area contributed by atoms with Crippen LogP contribution in [0.4, 0.5) is 4.79 Å². The normalized spacial score (nSPS) is 10.4. The quantitative estimate of drug-likeness (QED) is 0.751. The maximum atomic E-state index is 11.7. The first-order valence-corrected chi connectivity index (χ1v) is 7.55. The average Bonchev–Trinajstić information content (AvgIpc) is 3.23. The monoisotopic (exact) mass is 314 g/mol. The molecule has 0 aliphatic rings. The van der Waals surface area contributed by atoms with E-state index in [-0.39, 0.29) is 6.03 Å². The number of rotatable bonds is 5. The molecule has 0 bridgehead atoms. The van der Waals surface area contributed by atoms with Crippen molar-refractivity contribution < 1.29 is 4.79 Å². The van der Waals surface area contributed by atoms with E-state index in [0.29, 0.717) is 18.8 Å². The van der Waals surface area contributed by atoms with Gasteiger partial charge in [0.1, 0.15) is 5.69 Å². The van der Waals surface area contributed by atoms with E-state index < -0.39 is 0 Å². The molecule has 3 heterocycles. The number of pyridine rings is 1. The van der Waals surface area contributed by atoms with Gasteiger partial charge in [0.25, 0.3) is 0 Å². The molecule has 22 heavy (non-hydrogen) atoms. The van der Waals surface area contributed by atoms with E-state index in [1.165, 1.54) is 0 Å². The third-order valence-electron chi connectivity index (χ3n) is 2.88. The molecule has 0 aliphatic heterocycles. The first kappa shape index (κ1) is 14.2. The highest BCUT2D eigenvalue weighted by Crippen LogP contribution is 2.07. The highest BCUT2D eigenvalue weighted by atomic mass is 32.1. The summed E-state index contributed by atoms with van der Waals surface area (Å²) in [6.07, 6.45) is 5.15. The van der Waals surface area contributed by atoms with Gasteiger partial charge in [-0.3, -0.25) is 4.98 Å². The number of urea groups is 1. The fourth-order valence-corrected chi connectivity index (χ4v) is 2.45. The largest absolute Gasteiger partial charge is 0.333 e. The SMILES string of the molecule is O=C(NCc1cn(-c2cccnc2)nn1)NCc1cccs1. The molecule has 0 unspecified atom stereocenters. The molecule has 3 aromatic rings. The van der Waals surface area contributed by atoms with Gasteiger partial charge in [0.05, 0.1) is 31.2 Å². The second-order valence-corrected chi connectivity index (χ2v) is 5.51. The van der Waals surface area contributed by atoms with Crippen molar-refractivity contribution in [3.8, 4) is 5.69 Å². The number of nitrogens with one attached hydrogen (secondary N) is 2. The minimum absolute atomic E-state index is 0.232. The van der Waals surface area contributed by atoms with E-state index >= 15 is 0 Å². The van der Waals surface area contributed by atoms with Gasteiger partial charge < -0.3 is 10.6 Å². The van der Waals surface area contributed by atoms with Crippen LogP contribution in [0.5, 0.6) is 0 Å². The van der Waals surface area contributed by atoms with E-state index in [2.05, 4.69) is 25.9 Å². The van der Waals surface area contributed by atoms with Crippen molar-refractivity contribution in [3.63, 3.8) is 0 Å². The molecular weight excluding hydrogens is 300 g/mol. The average molecular weight is 314 g/mol. The summed E-state index contributed by atoms with van der Waals surface area (Å²) in [4.78, 5) is 16.8. The first-order valence-electron chi connectivity index (χ1n) is 6.67. The lowest BCUT2D eigenvalue weighted by molar-refractivity contribution is 0.240. The number of carbonyl (C=O) groups is 1. The predicted octanol–water partition coefficient (Wildman–Crippen LogP) is 1.72. The van der Waals surface area contributed by atoms with Crippen LogP contribution in [0.25, 0.3) is 5.69 Å². The molecule has 3 aromatic heterocycles.